The summed E-state index contributed by atoms with van der Waals surface area (Å²) in [5.74, 6) is 0. The van der Waals surface area contributed by atoms with Crippen LogP contribution in [-0.4, -0.2) is 9.97 Å². The van der Waals surface area contributed by atoms with E-state index in [1.54, 1.807) is 0 Å². The molecule has 0 aliphatic rings. The average molecular weight is 304 g/mol. The van der Waals surface area contributed by atoms with Gasteiger partial charge in [0.2, 0.25) is 0 Å². The van der Waals surface area contributed by atoms with Crippen LogP contribution in [0.4, 0.5) is 0 Å². The first-order valence-electron chi connectivity index (χ1n) is 3.51. The lowest BCUT2D eigenvalue weighted by molar-refractivity contribution is 1.21. The molecule has 1 N–H and O–H groups in total. The zero-order valence-corrected chi connectivity index (χ0v) is 9.52. The third-order valence-electron chi connectivity index (χ3n) is 1.62. The number of fused-ring (bicyclic) bond motifs is 1. The van der Waals surface area contributed by atoms with Gasteiger partial charge in [0.25, 0.3) is 5.56 Å². The molecule has 5 heteroatoms. The quantitative estimate of drug-likeness (QED) is 0.812. The highest BCUT2D eigenvalue weighted by atomic mass is 79.9. The molecular weight excluding hydrogens is 300 g/mol. The maximum atomic E-state index is 10.9. The molecule has 1 aromatic heterocycles. The minimum absolute atomic E-state index is 0.193. The fourth-order valence-corrected chi connectivity index (χ4v) is 1.71. The Labute approximate surface area is 90.4 Å². The van der Waals surface area contributed by atoms with Gasteiger partial charge in [-0.1, -0.05) is 0 Å². The molecule has 0 aliphatic heterocycles. The Bertz CT molecular complexity index is 521. The van der Waals surface area contributed by atoms with E-state index >= 15 is 0 Å². The van der Waals surface area contributed by atoms with Crippen LogP contribution >= 0.6 is 31.9 Å². The summed E-state index contributed by atoms with van der Waals surface area (Å²) in [6.07, 6.45) is 1.27. The Morgan fingerprint density at radius 2 is 1.92 bits per heavy atom. The highest BCUT2D eigenvalue weighted by Gasteiger charge is 2.01. The zero-order valence-electron chi connectivity index (χ0n) is 6.34. The molecule has 0 atom stereocenters. The van der Waals surface area contributed by atoms with E-state index < -0.39 is 0 Å². The molecule has 0 radical (unpaired) electrons. The molecule has 2 aromatic rings. The molecule has 2 rings (SSSR count). The second-order valence-electron chi connectivity index (χ2n) is 2.53. The minimum atomic E-state index is -0.193. The molecule has 0 unspecified atom stereocenters. The van der Waals surface area contributed by atoms with E-state index in [1.807, 2.05) is 12.1 Å². The topological polar surface area (TPSA) is 45.8 Å². The number of halogens is 2. The normalized spacial score (nSPS) is 10.6. The van der Waals surface area contributed by atoms with Crippen molar-refractivity contribution in [2.24, 2.45) is 0 Å². The van der Waals surface area contributed by atoms with Gasteiger partial charge < -0.3 is 4.98 Å². The molecule has 0 fully saturated rings. The van der Waals surface area contributed by atoms with E-state index in [9.17, 15) is 4.79 Å². The number of hydrogen-bond acceptors (Lipinski definition) is 2. The number of hydrogen-bond donors (Lipinski definition) is 1. The van der Waals surface area contributed by atoms with Gasteiger partial charge in [0.15, 0.2) is 0 Å². The van der Waals surface area contributed by atoms with Gasteiger partial charge in [-0.25, -0.2) is 4.98 Å². The number of aromatic nitrogens is 2. The summed E-state index contributed by atoms with van der Waals surface area (Å²) in [6.45, 7) is 0. The number of H-pyrrole nitrogens is 1. The van der Waals surface area contributed by atoms with Crippen LogP contribution in [0, 0.1) is 0 Å². The summed E-state index contributed by atoms with van der Waals surface area (Å²) >= 11 is 6.70. The number of benzene rings is 1. The first-order chi connectivity index (χ1) is 6.16. The molecule has 0 saturated carbocycles. The lowest BCUT2D eigenvalue weighted by Crippen LogP contribution is -2.04. The zero-order chi connectivity index (χ0) is 9.42. The number of aromatic amines is 1. The van der Waals surface area contributed by atoms with E-state index in [2.05, 4.69) is 41.8 Å². The summed E-state index contributed by atoms with van der Waals surface area (Å²) < 4.78 is 1.81. The Kier molecular flexibility index (Phi) is 2.21. The second-order valence-corrected chi connectivity index (χ2v) is 4.24. The van der Waals surface area contributed by atoms with Gasteiger partial charge in [-0.05, 0) is 44.0 Å². The van der Waals surface area contributed by atoms with Gasteiger partial charge in [0.05, 0.1) is 17.2 Å². The maximum absolute atomic E-state index is 10.9. The predicted molar refractivity (Wildman–Crippen MR) is 57.8 cm³/mol. The van der Waals surface area contributed by atoms with Crippen molar-refractivity contribution in [1.82, 2.24) is 9.97 Å². The standard InChI is InChI=1S/C8H4Br2N2O/c9-4-1-6-7(2-5(4)10)12-8(13)3-11-6/h1-3H,(H,12,13). The molecule has 13 heavy (non-hydrogen) atoms. The van der Waals surface area contributed by atoms with E-state index in [0.29, 0.717) is 0 Å². The van der Waals surface area contributed by atoms with Crippen molar-refractivity contribution in [2.45, 2.75) is 0 Å². The molecule has 0 aliphatic carbocycles. The van der Waals surface area contributed by atoms with Crippen molar-refractivity contribution in [1.29, 1.82) is 0 Å². The van der Waals surface area contributed by atoms with Crippen LogP contribution in [0.5, 0.6) is 0 Å². The van der Waals surface area contributed by atoms with Crippen molar-refractivity contribution in [3.63, 3.8) is 0 Å². The van der Waals surface area contributed by atoms with Crippen LogP contribution in [0.15, 0.2) is 32.1 Å². The third kappa shape index (κ3) is 1.66. The Hall–Kier alpha value is -0.680. The highest BCUT2D eigenvalue weighted by Crippen LogP contribution is 2.25. The monoisotopic (exact) mass is 302 g/mol. The second kappa shape index (κ2) is 3.23. The Morgan fingerprint density at radius 1 is 1.23 bits per heavy atom. The van der Waals surface area contributed by atoms with Gasteiger partial charge in [-0.2, -0.15) is 0 Å². The first kappa shape index (κ1) is 8.90. The van der Waals surface area contributed by atoms with Crippen molar-refractivity contribution in [3.05, 3.63) is 37.6 Å². The first-order valence-corrected chi connectivity index (χ1v) is 5.09. The van der Waals surface area contributed by atoms with Crippen LogP contribution in [-0.2, 0) is 0 Å². The largest absolute Gasteiger partial charge is 0.319 e. The predicted octanol–water partition coefficient (Wildman–Crippen LogP) is 2.45. The van der Waals surface area contributed by atoms with Gasteiger partial charge in [0.1, 0.15) is 0 Å². The fraction of sp³-hybridized carbons (Fsp3) is 0. The summed E-state index contributed by atoms with van der Waals surface area (Å²) in [4.78, 5) is 17.6. The lowest BCUT2D eigenvalue weighted by Gasteiger charge is -1.99. The van der Waals surface area contributed by atoms with Crippen LogP contribution < -0.4 is 5.56 Å². The van der Waals surface area contributed by atoms with Crippen LogP contribution in [0.3, 0.4) is 0 Å². The summed E-state index contributed by atoms with van der Waals surface area (Å²) in [5.41, 5.74) is 1.29. The number of rotatable bonds is 0. The van der Waals surface area contributed by atoms with Gasteiger partial charge in [-0.15, -0.1) is 0 Å². The molecule has 0 saturated heterocycles. The molecule has 3 nitrogen and oxygen atoms in total. The van der Waals surface area contributed by atoms with E-state index in [-0.39, 0.29) is 5.56 Å². The van der Waals surface area contributed by atoms with E-state index in [1.165, 1.54) is 6.20 Å². The van der Waals surface area contributed by atoms with Crippen molar-refractivity contribution in [3.8, 4) is 0 Å². The molecule has 1 aromatic carbocycles. The minimum Gasteiger partial charge on any atom is -0.319 e. The summed E-state index contributed by atoms with van der Waals surface area (Å²) in [6, 6.07) is 3.66. The fourth-order valence-electron chi connectivity index (χ4n) is 1.04. The Balaban J connectivity index is 2.89. The van der Waals surface area contributed by atoms with Crippen molar-refractivity contribution < 1.29 is 0 Å². The molecule has 0 bridgehead atoms. The highest BCUT2D eigenvalue weighted by molar-refractivity contribution is 9.13. The van der Waals surface area contributed by atoms with Gasteiger partial charge in [0, 0.05) is 8.95 Å². The molecule has 0 amide bonds. The lowest BCUT2D eigenvalue weighted by atomic mass is 10.3. The van der Waals surface area contributed by atoms with Crippen LogP contribution in [0.2, 0.25) is 0 Å². The van der Waals surface area contributed by atoms with Gasteiger partial charge in [-0.3, -0.25) is 4.79 Å². The molecule has 0 spiro atoms. The molecular formula is C8H4Br2N2O. The summed E-state index contributed by atoms with van der Waals surface area (Å²) in [7, 11) is 0. The number of nitrogens with one attached hydrogen (secondary N) is 1. The van der Waals surface area contributed by atoms with E-state index in [0.717, 1.165) is 20.0 Å². The Morgan fingerprint density at radius 3 is 2.69 bits per heavy atom. The summed E-state index contributed by atoms with van der Waals surface area (Å²) in [5, 5.41) is 0. The molecule has 1 heterocycles. The smallest absolute Gasteiger partial charge is 0.266 e. The van der Waals surface area contributed by atoms with Crippen LogP contribution in [0.25, 0.3) is 11.0 Å². The van der Waals surface area contributed by atoms with Gasteiger partial charge >= 0.3 is 0 Å². The molecule has 66 valence electrons. The van der Waals surface area contributed by atoms with Crippen molar-refractivity contribution in [2.75, 3.05) is 0 Å². The number of nitrogens with zero attached hydrogens (tertiary/aromatic N) is 1. The van der Waals surface area contributed by atoms with Crippen LogP contribution in [0.1, 0.15) is 0 Å². The maximum Gasteiger partial charge on any atom is 0.266 e. The average Bonchev–Trinajstić information content (AvgIpc) is 2.08. The SMILES string of the molecule is O=c1cnc2cc(Br)c(Br)cc2[nH]1. The third-order valence-corrected chi connectivity index (χ3v) is 3.46. The van der Waals surface area contributed by atoms with Crippen molar-refractivity contribution >= 4 is 42.9 Å². The van der Waals surface area contributed by atoms with E-state index in [4.69, 9.17) is 0 Å².